The quantitative estimate of drug-likeness (QED) is 0.794. The van der Waals surface area contributed by atoms with E-state index in [1.807, 2.05) is 5.38 Å². The highest BCUT2D eigenvalue weighted by atomic mass is 79.9. The van der Waals surface area contributed by atoms with E-state index in [1.54, 1.807) is 33.2 Å². The van der Waals surface area contributed by atoms with E-state index in [1.165, 1.54) is 16.2 Å². The molecule has 0 atom stereocenters. The van der Waals surface area contributed by atoms with Gasteiger partial charge >= 0.3 is 6.09 Å². The maximum absolute atomic E-state index is 11.9. The first-order valence-corrected chi connectivity index (χ1v) is 7.13. The lowest BCUT2D eigenvalue weighted by Gasteiger charge is -2.24. The van der Waals surface area contributed by atoms with Crippen molar-refractivity contribution in [2.75, 3.05) is 13.6 Å². The zero-order chi connectivity index (χ0) is 13.9. The maximum Gasteiger partial charge on any atom is 0.410 e. The summed E-state index contributed by atoms with van der Waals surface area (Å²) >= 11 is 4.74. The van der Waals surface area contributed by atoms with E-state index in [-0.39, 0.29) is 12.3 Å². The SMILES string of the molecule is CN(CC(=O)c1cscc1Br)C(=O)OC(C)(C)C. The topological polar surface area (TPSA) is 46.6 Å². The Labute approximate surface area is 119 Å². The first-order chi connectivity index (χ1) is 8.20. The molecule has 1 heterocycles. The number of amides is 1. The number of ketones is 1. The van der Waals surface area contributed by atoms with Crippen molar-refractivity contribution < 1.29 is 14.3 Å². The molecule has 0 unspecified atom stereocenters. The monoisotopic (exact) mass is 333 g/mol. The van der Waals surface area contributed by atoms with Gasteiger partial charge < -0.3 is 9.64 Å². The van der Waals surface area contributed by atoms with Crippen molar-refractivity contribution >= 4 is 39.1 Å². The molecule has 100 valence electrons. The summed E-state index contributed by atoms with van der Waals surface area (Å²) in [6.45, 7) is 5.37. The number of likely N-dealkylation sites (N-methyl/N-ethyl adjacent to an activating group) is 1. The fourth-order valence-corrected chi connectivity index (χ4v) is 2.71. The third-order valence-electron chi connectivity index (χ3n) is 2.00. The van der Waals surface area contributed by atoms with Gasteiger partial charge in [0.05, 0.1) is 6.54 Å². The van der Waals surface area contributed by atoms with Crippen LogP contribution in [0.1, 0.15) is 31.1 Å². The van der Waals surface area contributed by atoms with Crippen LogP contribution < -0.4 is 0 Å². The summed E-state index contributed by atoms with van der Waals surface area (Å²) in [5.41, 5.74) is 0.0348. The van der Waals surface area contributed by atoms with Crippen LogP contribution in [-0.4, -0.2) is 36.0 Å². The van der Waals surface area contributed by atoms with E-state index in [0.29, 0.717) is 5.56 Å². The Morgan fingerprint density at radius 3 is 2.44 bits per heavy atom. The molecular weight excluding hydrogens is 318 g/mol. The number of thiophene rings is 1. The van der Waals surface area contributed by atoms with Crippen LogP contribution in [0.25, 0.3) is 0 Å². The van der Waals surface area contributed by atoms with Gasteiger partial charge in [0.2, 0.25) is 0 Å². The van der Waals surface area contributed by atoms with Gasteiger partial charge in [-0.15, -0.1) is 0 Å². The zero-order valence-corrected chi connectivity index (χ0v) is 13.2. The first-order valence-electron chi connectivity index (χ1n) is 5.39. The average Bonchev–Trinajstić information content (AvgIpc) is 2.61. The summed E-state index contributed by atoms with van der Waals surface area (Å²) in [4.78, 5) is 24.9. The third-order valence-corrected chi connectivity index (χ3v) is 3.70. The van der Waals surface area contributed by atoms with Gasteiger partial charge in [0.25, 0.3) is 0 Å². The Morgan fingerprint density at radius 1 is 1.39 bits per heavy atom. The fourth-order valence-electron chi connectivity index (χ4n) is 1.19. The van der Waals surface area contributed by atoms with Crippen LogP contribution in [0.2, 0.25) is 0 Å². The lowest BCUT2D eigenvalue weighted by atomic mass is 10.2. The Bertz CT molecular complexity index is 450. The molecule has 0 aliphatic heterocycles. The van der Waals surface area contributed by atoms with Crippen LogP contribution in [0.4, 0.5) is 4.79 Å². The molecule has 1 aromatic rings. The molecule has 0 saturated heterocycles. The number of Topliss-reactive ketones (excluding diaryl/α,β-unsaturated/α-hetero) is 1. The number of ether oxygens (including phenoxy) is 1. The predicted octanol–water partition coefficient (Wildman–Crippen LogP) is 3.56. The lowest BCUT2D eigenvalue weighted by Crippen LogP contribution is -2.37. The first kappa shape index (κ1) is 15.2. The maximum atomic E-state index is 11.9. The average molecular weight is 334 g/mol. The van der Waals surface area contributed by atoms with Crippen LogP contribution in [0.15, 0.2) is 15.2 Å². The molecule has 0 aromatic carbocycles. The molecule has 0 spiro atoms. The van der Waals surface area contributed by atoms with Crippen LogP contribution >= 0.6 is 27.3 Å². The highest BCUT2D eigenvalue weighted by Gasteiger charge is 2.22. The number of carbonyl (C=O) groups is 2. The molecule has 0 aliphatic carbocycles. The second-order valence-electron chi connectivity index (χ2n) is 4.89. The van der Waals surface area contributed by atoms with E-state index in [4.69, 9.17) is 4.74 Å². The van der Waals surface area contributed by atoms with Crippen molar-refractivity contribution in [2.24, 2.45) is 0 Å². The van der Waals surface area contributed by atoms with Crippen molar-refractivity contribution in [3.63, 3.8) is 0 Å². The minimum atomic E-state index is -0.558. The van der Waals surface area contributed by atoms with Gasteiger partial charge in [-0.25, -0.2) is 4.79 Å². The number of carbonyl (C=O) groups excluding carboxylic acids is 2. The number of hydrogen-bond acceptors (Lipinski definition) is 4. The Kier molecular flexibility index (Phi) is 4.92. The van der Waals surface area contributed by atoms with Gasteiger partial charge in [-0.05, 0) is 36.7 Å². The standard InChI is InChI=1S/C12H16BrNO3S/c1-12(2,3)17-11(16)14(4)5-10(15)8-6-18-7-9(8)13/h6-7H,5H2,1-4H3. The molecule has 0 saturated carbocycles. The smallest absolute Gasteiger partial charge is 0.410 e. The van der Waals surface area contributed by atoms with Gasteiger partial charge in [-0.2, -0.15) is 11.3 Å². The largest absolute Gasteiger partial charge is 0.444 e. The molecule has 0 N–H and O–H groups in total. The minimum absolute atomic E-state index is 0.00421. The summed E-state index contributed by atoms with van der Waals surface area (Å²) in [5, 5.41) is 3.59. The zero-order valence-electron chi connectivity index (χ0n) is 10.8. The summed E-state index contributed by atoms with van der Waals surface area (Å²) in [7, 11) is 1.55. The fraction of sp³-hybridized carbons (Fsp3) is 0.500. The summed E-state index contributed by atoms with van der Waals surface area (Å²) in [6.07, 6.45) is -0.498. The highest BCUT2D eigenvalue weighted by Crippen LogP contribution is 2.22. The molecule has 4 nitrogen and oxygen atoms in total. The minimum Gasteiger partial charge on any atom is -0.444 e. The van der Waals surface area contributed by atoms with Gasteiger partial charge in [0, 0.05) is 27.8 Å². The van der Waals surface area contributed by atoms with Gasteiger partial charge in [0.15, 0.2) is 5.78 Å². The van der Waals surface area contributed by atoms with E-state index in [0.717, 1.165) is 4.47 Å². The van der Waals surface area contributed by atoms with Gasteiger partial charge in [-0.1, -0.05) is 0 Å². The number of rotatable bonds is 3. The lowest BCUT2D eigenvalue weighted by molar-refractivity contribution is 0.0294. The third kappa shape index (κ3) is 4.42. The van der Waals surface area contributed by atoms with Crippen molar-refractivity contribution in [2.45, 2.75) is 26.4 Å². The van der Waals surface area contributed by atoms with E-state index in [9.17, 15) is 9.59 Å². The van der Waals surface area contributed by atoms with E-state index in [2.05, 4.69) is 15.9 Å². The van der Waals surface area contributed by atoms with E-state index < -0.39 is 11.7 Å². The van der Waals surface area contributed by atoms with Crippen molar-refractivity contribution in [3.05, 3.63) is 20.8 Å². The summed E-state index contributed by atoms with van der Waals surface area (Å²) < 4.78 is 5.93. The molecular formula is C12H16BrNO3S. The van der Waals surface area contributed by atoms with Crippen molar-refractivity contribution in [3.8, 4) is 0 Å². The van der Waals surface area contributed by atoms with Crippen LogP contribution in [0.3, 0.4) is 0 Å². The number of hydrogen-bond donors (Lipinski definition) is 0. The van der Waals surface area contributed by atoms with E-state index >= 15 is 0 Å². The Hall–Kier alpha value is -0.880. The van der Waals surface area contributed by atoms with Crippen LogP contribution in [0.5, 0.6) is 0 Å². The molecule has 1 amide bonds. The summed E-state index contributed by atoms with van der Waals surface area (Å²) in [6, 6.07) is 0. The van der Waals surface area contributed by atoms with Gasteiger partial charge in [0.1, 0.15) is 5.60 Å². The van der Waals surface area contributed by atoms with Crippen LogP contribution in [0, 0.1) is 0 Å². The van der Waals surface area contributed by atoms with Crippen LogP contribution in [-0.2, 0) is 4.74 Å². The Morgan fingerprint density at radius 2 is 2.00 bits per heavy atom. The molecule has 0 radical (unpaired) electrons. The highest BCUT2D eigenvalue weighted by molar-refractivity contribution is 9.10. The molecule has 6 heteroatoms. The van der Waals surface area contributed by atoms with Gasteiger partial charge in [-0.3, -0.25) is 4.79 Å². The predicted molar refractivity (Wildman–Crippen MR) is 75.2 cm³/mol. The second kappa shape index (κ2) is 5.84. The van der Waals surface area contributed by atoms with Crippen molar-refractivity contribution in [1.82, 2.24) is 4.90 Å². The normalized spacial score (nSPS) is 11.2. The molecule has 0 bridgehead atoms. The molecule has 1 aromatic heterocycles. The molecule has 1 rings (SSSR count). The molecule has 0 fully saturated rings. The van der Waals surface area contributed by atoms with Crippen molar-refractivity contribution in [1.29, 1.82) is 0 Å². The Balaban J connectivity index is 2.60. The second-order valence-corrected chi connectivity index (χ2v) is 6.49. The summed E-state index contributed by atoms with van der Waals surface area (Å²) in [5.74, 6) is -0.114. The number of halogens is 1. The molecule has 18 heavy (non-hydrogen) atoms. The molecule has 0 aliphatic rings. The number of nitrogens with zero attached hydrogens (tertiary/aromatic N) is 1.